The SMILES string of the molecule is C\C=C/C(N)=C(\C=C/C)OCCC(C)C. The van der Waals surface area contributed by atoms with Crippen LogP contribution in [0.4, 0.5) is 0 Å². The Morgan fingerprint density at radius 1 is 1.20 bits per heavy atom. The van der Waals surface area contributed by atoms with Crippen LogP contribution < -0.4 is 5.73 Å². The van der Waals surface area contributed by atoms with E-state index >= 15 is 0 Å². The van der Waals surface area contributed by atoms with Crippen LogP contribution in [-0.2, 0) is 4.74 Å². The van der Waals surface area contributed by atoms with Gasteiger partial charge in [0, 0.05) is 0 Å². The molecule has 0 aliphatic carbocycles. The Labute approximate surface area is 93.5 Å². The highest BCUT2D eigenvalue weighted by molar-refractivity contribution is 5.26. The van der Waals surface area contributed by atoms with Crippen molar-refractivity contribution in [2.45, 2.75) is 34.1 Å². The second-order valence-electron chi connectivity index (χ2n) is 3.85. The summed E-state index contributed by atoms with van der Waals surface area (Å²) in [7, 11) is 0. The Morgan fingerprint density at radius 3 is 2.27 bits per heavy atom. The standard InChI is InChI=1S/C13H23NO/c1-5-7-12(14)13(8-6-2)15-10-9-11(3)4/h5-8,11H,9-10,14H2,1-4H3/b7-5-,8-6-,13-12-. The molecule has 15 heavy (non-hydrogen) atoms. The van der Waals surface area contributed by atoms with Gasteiger partial charge in [-0.1, -0.05) is 26.0 Å². The van der Waals surface area contributed by atoms with Crippen molar-refractivity contribution in [1.82, 2.24) is 0 Å². The summed E-state index contributed by atoms with van der Waals surface area (Å²) in [5.41, 5.74) is 6.53. The topological polar surface area (TPSA) is 35.2 Å². The zero-order valence-corrected chi connectivity index (χ0v) is 10.3. The van der Waals surface area contributed by atoms with Gasteiger partial charge in [-0.05, 0) is 38.3 Å². The first-order valence-electron chi connectivity index (χ1n) is 5.49. The molecule has 0 atom stereocenters. The molecule has 0 aromatic carbocycles. The highest BCUT2D eigenvalue weighted by Crippen LogP contribution is 2.08. The van der Waals surface area contributed by atoms with Gasteiger partial charge in [-0.25, -0.2) is 0 Å². The lowest BCUT2D eigenvalue weighted by molar-refractivity contribution is 0.204. The molecule has 0 heterocycles. The van der Waals surface area contributed by atoms with Crippen LogP contribution in [0.3, 0.4) is 0 Å². The minimum Gasteiger partial charge on any atom is -0.491 e. The van der Waals surface area contributed by atoms with Gasteiger partial charge in [-0.2, -0.15) is 0 Å². The fraction of sp³-hybridized carbons (Fsp3) is 0.538. The molecule has 0 radical (unpaired) electrons. The lowest BCUT2D eigenvalue weighted by Crippen LogP contribution is -2.04. The molecule has 0 aliphatic rings. The van der Waals surface area contributed by atoms with Gasteiger partial charge in [0.25, 0.3) is 0 Å². The molecule has 2 N–H and O–H groups in total. The number of hydrogen-bond acceptors (Lipinski definition) is 2. The van der Waals surface area contributed by atoms with Crippen LogP contribution in [0.5, 0.6) is 0 Å². The van der Waals surface area contributed by atoms with Crippen molar-refractivity contribution >= 4 is 0 Å². The molecular formula is C13H23NO. The van der Waals surface area contributed by atoms with Crippen molar-refractivity contribution < 1.29 is 4.74 Å². The van der Waals surface area contributed by atoms with E-state index in [4.69, 9.17) is 10.5 Å². The fourth-order valence-corrected chi connectivity index (χ4v) is 1.05. The Bertz CT molecular complexity index is 249. The van der Waals surface area contributed by atoms with Crippen molar-refractivity contribution in [2.24, 2.45) is 11.7 Å². The summed E-state index contributed by atoms with van der Waals surface area (Å²) in [5, 5.41) is 0. The minimum atomic E-state index is 0.653. The quantitative estimate of drug-likeness (QED) is 0.537. The van der Waals surface area contributed by atoms with Crippen molar-refractivity contribution in [2.75, 3.05) is 6.61 Å². The summed E-state index contributed by atoms with van der Waals surface area (Å²) in [6, 6.07) is 0. The van der Waals surface area contributed by atoms with Gasteiger partial charge in [0.1, 0.15) is 5.76 Å². The van der Waals surface area contributed by atoms with Crippen LogP contribution in [0, 0.1) is 5.92 Å². The van der Waals surface area contributed by atoms with E-state index in [0.29, 0.717) is 11.6 Å². The summed E-state index contributed by atoms with van der Waals surface area (Å²) < 4.78 is 5.62. The first-order valence-corrected chi connectivity index (χ1v) is 5.49. The molecule has 0 saturated heterocycles. The van der Waals surface area contributed by atoms with E-state index in [1.807, 2.05) is 38.2 Å². The predicted octanol–water partition coefficient (Wildman–Crippen LogP) is 3.37. The maximum Gasteiger partial charge on any atom is 0.141 e. The molecule has 0 aromatic rings. The highest BCUT2D eigenvalue weighted by atomic mass is 16.5. The highest BCUT2D eigenvalue weighted by Gasteiger charge is 1.99. The van der Waals surface area contributed by atoms with Crippen molar-refractivity contribution in [3.8, 4) is 0 Å². The first-order chi connectivity index (χ1) is 7.11. The summed E-state index contributed by atoms with van der Waals surface area (Å²) in [6.07, 6.45) is 8.64. The zero-order chi connectivity index (χ0) is 11.7. The first kappa shape index (κ1) is 13.8. The lowest BCUT2D eigenvalue weighted by atomic mass is 10.1. The van der Waals surface area contributed by atoms with Crippen LogP contribution in [0.25, 0.3) is 0 Å². The van der Waals surface area contributed by atoms with Gasteiger partial charge in [-0.15, -0.1) is 0 Å². The van der Waals surface area contributed by atoms with Gasteiger partial charge in [-0.3, -0.25) is 0 Å². The predicted molar refractivity (Wildman–Crippen MR) is 66.2 cm³/mol. The Kier molecular flexibility index (Phi) is 7.51. The van der Waals surface area contributed by atoms with Gasteiger partial charge in [0.05, 0.1) is 12.3 Å². The molecule has 0 fully saturated rings. The monoisotopic (exact) mass is 209 g/mol. The van der Waals surface area contributed by atoms with E-state index in [1.165, 1.54) is 0 Å². The van der Waals surface area contributed by atoms with Crippen LogP contribution in [0.15, 0.2) is 35.8 Å². The van der Waals surface area contributed by atoms with Crippen molar-refractivity contribution in [3.05, 3.63) is 35.8 Å². The van der Waals surface area contributed by atoms with E-state index in [-0.39, 0.29) is 0 Å². The van der Waals surface area contributed by atoms with E-state index < -0.39 is 0 Å². The minimum absolute atomic E-state index is 0.653. The van der Waals surface area contributed by atoms with Crippen LogP contribution in [-0.4, -0.2) is 6.61 Å². The Hall–Kier alpha value is -1.18. The third kappa shape index (κ3) is 6.83. The van der Waals surface area contributed by atoms with E-state index in [9.17, 15) is 0 Å². The van der Waals surface area contributed by atoms with E-state index in [2.05, 4.69) is 13.8 Å². The molecule has 0 bridgehead atoms. The molecular weight excluding hydrogens is 186 g/mol. The number of nitrogens with two attached hydrogens (primary N) is 1. The van der Waals surface area contributed by atoms with Crippen molar-refractivity contribution in [3.63, 3.8) is 0 Å². The second-order valence-corrected chi connectivity index (χ2v) is 3.85. The molecule has 0 unspecified atom stereocenters. The molecule has 0 saturated carbocycles. The van der Waals surface area contributed by atoms with Crippen LogP contribution in [0.2, 0.25) is 0 Å². The maximum absolute atomic E-state index is 5.85. The van der Waals surface area contributed by atoms with E-state index in [0.717, 1.165) is 18.8 Å². The maximum atomic E-state index is 5.85. The van der Waals surface area contributed by atoms with Gasteiger partial charge in [0.2, 0.25) is 0 Å². The number of allylic oxidation sites excluding steroid dienone is 4. The summed E-state index contributed by atoms with van der Waals surface area (Å²) >= 11 is 0. The largest absolute Gasteiger partial charge is 0.491 e. The molecule has 2 nitrogen and oxygen atoms in total. The van der Waals surface area contributed by atoms with Crippen molar-refractivity contribution in [1.29, 1.82) is 0 Å². The lowest BCUT2D eigenvalue weighted by Gasteiger charge is -2.10. The van der Waals surface area contributed by atoms with E-state index in [1.54, 1.807) is 0 Å². The number of rotatable bonds is 6. The summed E-state index contributed by atoms with van der Waals surface area (Å²) in [5.74, 6) is 1.41. The van der Waals surface area contributed by atoms with Gasteiger partial charge >= 0.3 is 0 Å². The molecule has 0 spiro atoms. The number of ether oxygens (including phenoxy) is 1. The third-order valence-electron chi connectivity index (χ3n) is 1.90. The summed E-state index contributed by atoms with van der Waals surface area (Å²) in [6.45, 7) is 8.97. The average Bonchev–Trinajstić information content (AvgIpc) is 2.16. The van der Waals surface area contributed by atoms with Crippen LogP contribution >= 0.6 is 0 Å². The smallest absolute Gasteiger partial charge is 0.141 e. The second kappa shape index (κ2) is 8.16. The average molecular weight is 209 g/mol. The molecule has 2 heteroatoms. The Morgan fingerprint density at radius 2 is 1.80 bits per heavy atom. The molecule has 0 aromatic heterocycles. The fourth-order valence-electron chi connectivity index (χ4n) is 1.05. The Balaban J connectivity index is 4.34. The van der Waals surface area contributed by atoms with Crippen LogP contribution in [0.1, 0.15) is 34.1 Å². The van der Waals surface area contributed by atoms with Gasteiger partial charge in [0.15, 0.2) is 0 Å². The molecule has 0 amide bonds. The third-order valence-corrected chi connectivity index (χ3v) is 1.90. The molecule has 0 aliphatic heterocycles. The normalized spacial score (nSPS) is 13.9. The number of hydrogen-bond donors (Lipinski definition) is 1. The summed E-state index contributed by atoms with van der Waals surface area (Å²) in [4.78, 5) is 0. The van der Waals surface area contributed by atoms with Gasteiger partial charge < -0.3 is 10.5 Å². The zero-order valence-electron chi connectivity index (χ0n) is 10.3. The molecule has 86 valence electrons. The molecule has 0 rings (SSSR count).